The molecule has 0 saturated heterocycles. The largest absolute Gasteiger partial charge is 0.439 e. The van der Waals surface area contributed by atoms with Gasteiger partial charge in [-0.3, -0.25) is 9.59 Å². The van der Waals surface area contributed by atoms with E-state index in [9.17, 15) is 9.59 Å². The highest BCUT2D eigenvalue weighted by Crippen LogP contribution is 2.37. The van der Waals surface area contributed by atoms with E-state index in [1.165, 1.54) is 4.68 Å². The highest BCUT2D eigenvalue weighted by atomic mass is 79.9. The van der Waals surface area contributed by atoms with Gasteiger partial charge >= 0.3 is 0 Å². The molecule has 1 aromatic heterocycles. The number of rotatable bonds is 5. The molecule has 0 unspecified atom stereocenters. The first-order chi connectivity index (χ1) is 16.4. The zero-order valence-corrected chi connectivity index (χ0v) is 20.7. The van der Waals surface area contributed by atoms with Crippen molar-refractivity contribution in [2.24, 2.45) is 0 Å². The summed E-state index contributed by atoms with van der Waals surface area (Å²) >= 11 is 9.55. The summed E-state index contributed by atoms with van der Waals surface area (Å²) in [6.45, 7) is 1.98. The third-order valence-corrected chi connectivity index (χ3v) is 6.56. The van der Waals surface area contributed by atoms with Crippen LogP contribution < -0.4 is 15.6 Å². The first-order valence-electron chi connectivity index (χ1n) is 10.9. The molecule has 0 spiro atoms. The number of fused-ring (bicyclic) bond motifs is 2. The zero-order chi connectivity index (χ0) is 23.8. The third kappa shape index (κ3) is 4.29. The van der Waals surface area contributed by atoms with E-state index in [1.807, 2.05) is 36.4 Å². The molecule has 6 nitrogen and oxygen atoms in total. The quantitative estimate of drug-likeness (QED) is 0.301. The fourth-order valence-corrected chi connectivity index (χ4v) is 4.52. The maximum atomic E-state index is 13.6. The van der Waals surface area contributed by atoms with Crippen LogP contribution >= 0.6 is 27.5 Å². The predicted molar refractivity (Wildman–Crippen MR) is 137 cm³/mol. The highest BCUT2D eigenvalue weighted by Gasteiger charge is 2.29. The number of anilines is 1. The number of nitrogens with zero attached hydrogens (tertiary/aromatic N) is 2. The van der Waals surface area contributed by atoms with Gasteiger partial charge < -0.3 is 10.1 Å². The molecule has 1 N–H and O–H groups in total. The van der Waals surface area contributed by atoms with Crippen molar-refractivity contribution in [3.63, 3.8) is 0 Å². The van der Waals surface area contributed by atoms with Gasteiger partial charge in [-0.1, -0.05) is 46.6 Å². The number of ether oxygens (including phenoxy) is 1. The van der Waals surface area contributed by atoms with Gasteiger partial charge in [-0.05, 0) is 66.6 Å². The van der Waals surface area contributed by atoms with Crippen LogP contribution in [0.3, 0.4) is 0 Å². The van der Waals surface area contributed by atoms with Crippen LogP contribution in [0.1, 0.15) is 23.6 Å². The van der Waals surface area contributed by atoms with Crippen molar-refractivity contribution in [1.29, 1.82) is 0 Å². The van der Waals surface area contributed by atoms with Crippen molar-refractivity contribution < 1.29 is 9.53 Å². The van der Waals surface area contributed by atoms with Crippen molar-refractivity contribution in [3.05, 3.63) is 103 Å². The minimum Gasteiger partial charge on any atom is -0.439 e. The Morgan fingerprint density at radius 3 is 2.53 bits per heavy atom. The van der Waals surface area contributed by atoms with E-state index in [1.54, 1.807) is 35.0 Å². The second-order valence-corrected chi connectivity index (χ2v) is 9.42. The summed E-state index contributed by atoms with van der Waals surface area (Å²) in [5, 5.41) is 3.47. The molecule has 5 rings (SSSR count). The fourth-order valence-electron chi connectivity index (χ4n) is 4.06. The Morgan fingerprint density at radius 1 is 1.09 bits per heavy atom. The van der Waals surface area contributed by atoms with Gasteiger partial charge in [-0.2, -0.15) is 0 Å². The van der Waals surface area contributed by atoms with E-state index in [-0.39, 0.29) is 18.0 Å². The summed E-state index contributed by atoms with van der Waals surface area (Å²) in [5.41, 5.74) is 3.59. The number of aromatic nitrogens is 2. The molecule has 1 aliphatic rings. The van der Waals surface area contributed by atoms with Crippen molar-refractivity contribution in [2.45, 2.75) is 26.3 Å². The number of amides is 1. The minimum absolute atomic E-state index is 0.0981. The van der Waals surface area contributed by atoms with Crippen LogP contribution in [-0.4, -0.2) is 15.3 Å². The Labute approximate surface area is 209 Å². The smallest absolute Gasteiger partial charge is 0.278 e. The first-order valence-corrected chi connectivity index (χ1v) is 12.1. The molecule has 0 fully saturated rings. The van der Waals surface area contributed by atoms with Crippen molar-refractivity contribution in [1.82, 2.24) is 9.36 Å². The molecule has 1 aliphatic heterocycles. The van der Waals surface area contributed by atoms with Crippen LogP contribution in [0.5, 0.6) is 11.6 Å². The molecule has 8 heteroatoms. The van der Waals surface area contributed by atoms with Crippen LogP contribution in [0.25, 0.3) is 5.69 Å². The number of hydrogen-bond donors (Lipinski definition) is 1. The second-order valence-electron chi connectivity index (χ2n) is 8.06. The second kappa shape index (κ2) is 9.16. The van der Waals surface area contributed by atoms with Gasteiger partial charge in [0, 0.05) is 27.2 Å². The predicted octanol–water partition coefficient (Wildman–Crippen LogP) is 5.95. The Hall–Kier alpha value is -3.29. The molecule has 34 heavy (non-hydrogen) atoms. The summed E-state index contributed by atoms with van der Waals surface area (Å²) in [4.78, 5) is 26.6. The molecular weight excluding hydrogens is 518 g/mol. The SMILES string of the molecule is CCc1ccc(-n2c(=O)c3c(n2CC(=O)Nc2ccc(Br)cc2)Oc2ccc(Cl)cc2C3)cc1. The van der Waals surface area contributed by atoms with E-state index in [0.29, 0.717) is 40.0 Å². The zero-order valence-electron chi connectivity index (χ0n) is 18.3. The van der Waals surface area contributed by atoms with Crippen LogP contribution in [0.2, 0.25) is 5.02 Å². The number of carbonyl (C=O) groups excluding carboxylic acids is 1. The monoisotopic (exact) mass is 537 g/mol. The normalized spacial score (nSPS) is 12.0. The van der Waals surface area contributed by atoms with Crippen LogP contribution in [0.15, 0.2) is 76.0 Å². The average molecular weight is 539 g/mol. The lowest BCUT2D eigenvalue weighted by Gasteiger charge is -2.20. The minimum atomic E-state index is -0.274. The Balaban J connectivity index is 1.57. The van der Waals surface area contributed by atoms with E-state index in [4.69, 9.17) is 16.3 Å². The maximum absolute atomic E-state index is 13.6. The Kier molecular flexibility index (Phi) is 6.06. The topological polar surface area (TPSA) is 65.3 Å². The molecule has 3 aromatic carbocycles. The molecule has 0 atom stereocenters. The van der Waals surface area contributed by atoms with Gasteiger partial charge in [-0.15, -0.1) is 0 Å². The summed E-state index contributed by atoms with van der Waals surface area (Å²) < 4.78 is 10.2. The number of benzene rings is 3. The van der Waals surface area contributed by atoms with E-state index in [0.717, 1.165) is 22.0 Å². The maximum Gasteiger partial charge on any atom is 0.278 e. The summed E-state index contributed by atoms with van der Waals surface area (Å²) in [6, 6.07) is 20.4. The number of halogens is 2. The first kappa shape index (κ1) is 22.5. The molecule has 0 radical (unpaired) electrons. The van der Waals surface area contributed by atoms with Gasteiger partial charge in [0.15, 0.2) is 0 Å². The van der Waals surface area contributed by atoms with Crippen LogP contribution in [0.4, 0.5) is 5.69 Å². The van der Waals surface area contributed by atoms with E-state index >= 15 is 0 Å². The lowest BCUT2D eigenvalue weighted by atomic mass is 10.0. The van der Waals surface area contributed by atoms with E-state index in [2.05, 4.69) is 28.2 Å². The third-order valence-electron chi connectivity index (χ3n) is 5.79. The molecule has 4 aromatic rings. The highest BCUT2D eigenvalue weighted by molar-refractivity contribution is 9.10. The lowest BCUT2D eigenvalue weighted by molar-refractivity contribution is -0.117. The fraction of sp³-hybridized carbons (Fsp3) is 0.154. The van der Waals surface area contributed by atoms with Gasteiger partial charge in [0.25, 0.3) is 5.56 Å². The van der Waals surface area contributed by atoms with Gasteiger partial charge in [0.1, 0.15) is 12.3 Å². The van der Waals surface area contributed by atoms with Crippen molar-refractivity contribution >= 4 is 39.1 Å². The van der Waals surface area contributed by atoms with Crippen molar-refractivity contribution in [3.8, 4) is 17.3 Å². The molecular formula is C26H21BrClN3O3. The molecule has 2 heterocycles. The van der Waals surface area contributed by atoms with E-state index < -0.39 is 0 Å². The number of nitrogens with one attached hydrogen (secondary N) is 1. The number of hydrogen-bond acceptors (Lipinski definition) is 3. The molecule has 0 bridgehead atoms. The molecule has 0 saturated carbocycles. The molecule has 172 valence electrons. The van der Waals surface area contributed by atoms with Crippen LogP contribution in [-0.2, 0) is 24.2 Å². The van der Waals surface area contributed by atoms with Gasteiger partial charge in [0.2, 0.25) is 11.8 Å². The molecule has 1 amide bonds. The van der Waals surface area contributed by atoms with Crippen molar-refractivity contribution in [2.75, 3.05) is 5.32 Å². The number of carbonyl (C=O) groups is 1. The van der Waals surface area contributed by atoms with Gasteiger partial charge in [0.05, 0.1) is 11.3 Å². The summed E-state index contributed by atoms with van der Waals surface area (Å²) in [5.74, 6) is 0.715. The van der Waals surface area contributed by atoms with Crippen LogP contribution in [0, 0.1) is 0 Å². The Morgan fingerprint density at radius 2 is 1.82 bits per heavy atom. The van der Waals surface area contributed by atoms with Gasteiger partial charge in [-0.25, -0.2) is 9.36 Å². The Bertz CT molecular complexity index is 1440. The standard InChI is InChI=1S/C26H21BrClN3O3/c1-2-16-3-10-21(11-4-16)31-25(33)22-14-17-13-19(28)7-12-23(17)34-26(22)30(31)15-24(32)29-20-8-5-18(27)6-9-20/h3-13H,2,14-15H2,1H3,(H,29,32). The average Bonchev–Trinajstić information content (AvgIpc) is 3.09. The summed E-state index contributed by atoms with van der Waals surface area (Å²) in [6.07, 6.45) is 1.26. The summed E-state index contributed by atoms with van der Waals surface area (Å²) in [7, 11) is 0. The lowest BCUT2D eigenvalue weighted by Crippen LogP contribution is -2.27. The molecule has 0 aliphatic carbocycles. The number of aryl methyl sites for hydroxylation is 1.